The number of amides is 1. The maximum Gasteiger partial charge on any atom is 0.433 e. The third kappa shape index (κ3) is 3.62. The predicted molar refractivity (Wildman–Crippen MR) is 106 cm³/mol. The number of rotatable bonds is 2. The summed E-state index contributed by atoms with van der Waals surface area (Å²) in [5.74, 6) is -0.660. The van der Waals surface area contributed by atoms with Gasteiger partial charge in [0.05, 0.1) is 5.39 Å². The minimum Gasteiger partial charge on any atom is -0.267 e. The lowest BCUT2D eigenvalue weighted by Crippen LogP contribution is -2.35. The molecule has 1 aliphatic rings. The first-order valence-corrected chi connectivity index (χ1v) is 10.4. The van der Waals surface area contributed by atoms with Crippen LogP contribution in [0.4, 0.5) is 13.2 Å². The Morgan fingerprint density at radius 2 is 1.90 bits per heavy atom. The zero-order valence-corrected chi connectivity index (χ0v) is 17.3. The van der Waals surface area contributed by atoms with Crippen LogP contribution in [-0.2, 0) is 26.1 Å². The summed E-state index contributed by atoms with van der Waals surface area (Å²) in [6.07, 6.45) is 1.33. The summed E-state index contributed by atoms with van der Waals surface area (Å²) in [7, 11) is 1.10. The molecule has 3 aromatic heterocycles. The molecule has 160 valence electrons. The quantitative estimate of drug-likeness (QED) is 0.662. The first-order chi connectivity index (χ1) is 14.2. The van der Waals surface area contributed by atoms with Crippen LogP contribution in [0.15, 0.2) is 10.9 Å². The van der Waals surface area contributed by atoms with Crippen molar-refractivity contribution in [1.29, 1.82) is 0 Å². The molecule has 3 aromatic rings. The number of aryl methyl sites for hydroxylation is 4. The molecule has 0 fully saturated rings. The van der Waals surface area contributed by atoms with Gasteiger partial charge in [-0.1, -0.05) is 12.8 Å². The van der Waals surface area contributed by atoms with Gasteiger partial charge in [-0.3, -0.25) is 19.7 Å². The first kappa shape index (κ1) is 20.6. The van der Waals surface area contributed by atoms with Crippen molar-refractivity contribution < 1.29 is 18.0 Å². The van der Waals surface area contributed by atoms with Crippen molar-refractivity contribution in [3.8, 4) is 0 Å². The van der Waals surface area contributed by atoms with Crippen molar-refractivity contribution in [2.45, 2.75) is 51.6 Å². The summed E-state index contributed by atoms with van der Waals surface area (Å²) in [6.45, 7) is 1.57. The Morgan fingerprint density at radius 1 is 1.20 bits per heavy atom. The molecule has 0 bridgehead atoms. The van der Waals surface area contributed by atoms with E-state index in [2.05, 4.69) is 15.5 Å². The molecular formula is C19H20F3N5O2S. The van der Waals surface area contributed by atoms with E-state index in [-0.39, 0.29) is 5.82 Å². The van der Waals surface area contributed by atoms with E-state index in [1.165, 1.54) is 11.3 Å². The van der Waals surface area contributed by atoms with E-state index >= 15 is 0 Å². The van der Waals surface area contributed by atoms with E-state index in [1.807, 2.05) is 0 Å². The fourth-order valence-corrected chi connectivity index (χ4v) is 5.09. The standard InChI is InChI=1S/C19H20F3N5O2S/c1-10-23-17-15(11-7-5-3-4-6-8-13(11)30-17)18(29)27(10)25-16(28)12-9-14(19(20,21)22)26(2)24-12/h9H,3-8H2,1-2H3,(H,25,28). The van der Waals surface area contributed by atoms with Crippen molar-refractivity contribution in [2.24, 2.45) is 7.05 Å². The molecule has 0 unspecified atom stereocenters. The second-order valence-electron chi connectivity index (χ2n) is 7.37. The second-order valence-corrected chi connectivity index (χ2v) is 8.46. The van der Waals surface area contributed by atoms with E-state index in [9.17, 15) is 22.8 Å². The van der Waals surface area contributed by atoms with Crippen molar-refractivity contribution in [1.82, 2.24) is 19.4 Å². The van der Waals surface area contributed by atoms with Crippen LogP contribution >= 0.6 is 11.3 Å². The minimum absolute atomic E-state index is 0.252. The Kier molecular flexibility index (Phi) is 5.16. The lowest BCUT2D eigenvalue weighted by molar-refractivity contribution is -0.143. The molecule has 11 heteroatoms. The normalized spacial score (nSPS) is 15.0. The molecule has 0 saturated heterocycles. The number of nitrogens with zero attached hydrogens (tertiary/aromatic N) is 4. The van der Waals surface area contributed by atoms with Gasteiger partial charge in [-0.15, -0.1) is 11.3 Å². The van der Waals surface area contributed by atoms with E-state index < -0.39 is 29.0 Å². The molecule has 0 aliphatic heterocycles. The second kappa shape index (κ2) is 7.53. The number of thiophene rings is 1. The molecule has 0 atom stereocenters. The van der Waals surface area contributed by atoms with Gasteiger partial charge >= 0.3 is 6.18 Å². The first-order valence-electron chi connectivity index (χ1n) is 9.63. The molecule has 0 saturated carbocycles. The summed E-state index contributed by atoms with van der Waals surface area (Å²) >= 11 is 1.50. The maximum absolute atomic E-state index is 13.2. The van der Waals surface area contributed by atoms with Gasteiger partial charge in [-0.05, 0) is 38.2 Å². The Bertz CT molecular complexity index is 1190. The summed E-state index contributed by atoms with van der Waals surface area (Å²) in [5, 5.41) is 4.11. The third-order valence-corrected chi connectivity index (χ3v) is 6.46. The van der Waals surface area contributed by atoms with Crippen LogP contribution in [0.5, 0.6) is 0 Å². The third-order valence-electron chi connectivity index (χ3n) is 5.27. The number of alkyl halides is 3. The molecule has 1 amide bonds. The molecule has 1 aliphatic carbocycles. The number of nitrogens with one attached hydrogen (secondary N) is 1. The molecular weight excluding hydrogens is 419 g/mol. The molecule has 0 radical (unpaired) electrons. The number of aromatic nitrogens is 4. The number of carbonyl (C=O) groups is 1. The van der Waals surface area contributed by atoms with Gasteiger partial charge in [0, 0.05) is 18.0 Å². The largest absolute Gasteiger partial charge is 0.433 e. The molecule has 4 rings (SSSR count). The number of halogens is 3. The average molecular weight is 439 g/mol. The van der Waals surface area contributed by atoms with Gasteiger partial charge in [0.15, 0.2) is 5.69 Å². The predicted octanol–water partition coefficient (Wildman–Crippen LogP) is 3.56. The van der Waals surface area contributed by atoms with Crippen LogP contribution in [0.2, 0.25) is 0 Å². The van der Waals surface area contributed by atoms with E-state index in [1.54, 1.807) is 6.92 Å². The van der Waals surface area contributed by atoms with Gasteiger partial charge in [0.25, 0.3) is 11.5 Å². The summed E-state index contributed by atoms with van der Waals surface area (Å²) < 4.78 is 40.5. The van der Waals surface area contributed by atoms with Crippen LogP contribution in [-0.4, -0.2) is 25.3 Å². The smallest absolute Gasteiger partial charge is 0.267 e. The van der Waals surface area contributed by atoms with Crippen LogP contribution < -0.4 is 11.0 Å². The maximum atomic E-state index is 13.2. The topological polar surface area (TPSA) is 81.8 Å². The number of hydrogen-bond donors (Lipinski definition) is 1. The summed E-state index contributed by atoms with van der Waals surface area (Å²) in [5.41, 5.74) is 1.44. The molecule has 0 spiro atoms. The van der Waals surface area contributed by atoms with Crippen LogP contribution in [0.25, 0.3) is 10.2 Å². The van der Waals surface area contributed by atoms with Crippen LogP contribution in [0.1, 0.15) is 58.1 Å². The Balaban J connectivity index is 1.73. The summed E-state index contributed by atoms with van der Waals surface area (Å²) in [6, 6.07) is 0.655. The molecule has 3 heterocycles. The Morgan fingerprint density at radius 3 is 2.57 bits per heavy atom. The monoisotopic (exact) mass is 439 g/mol. The molecule has 1 N–H and O–H groups in total. The highest BCUT2D eigenvalue weighted by Crippen LogP contribution is 2.32. The fourth-order valence-electron chi connectivity index (χ4n) is 3.79. The van der Waals surface area contributed by atoms with E-state index in [0.29, 0.717) is 21.0 Å². The van der Waals surface area contributed by atoms with Crippen molar-refractivity contribution in [3.63, 3.8) is 0 Å². The lowest BCUT2D eigenvalue weighted by Gasteiger charge is -2.11. The lowest BCUT2D eigenvalue weighted by atomic mass is 9.98. The number of carbonyl (C=O) groups excluding carboxylic acids is 1. The minimum atomic E-state index is -4.64. The van der Waals surface area contributed by atoms with Crippen LogP contribution in [0.3, 0.4) is 0 Å². The average Bonchev–Trinajstić information content (AvgIpc) is 3.19. The Hall–Kier alpha value is -2.69. The van der Waals surface area contributed by atoms with Gasteiger partial charge in [-0.2, -0.15) is 18.3 Å². The molecule has 30 heavy (non-hydrogen) atoms. The highest BCUT2D eigenvalue weighted by molar-refractivity contribution is 7.18. The van der Waals surface area contributed by atoms with Gasteiger partial charge < -0.3 is 0 Å². The van der Waals surface area contributed by atoms with Gasteiger partial charge in [-0.25, -0.2) is 9.66 Å². The highest BCUT2D eigenvalue weighted by atomic mass is 32.1. The van der Waals surface area contributed by atoms with Gasteiger partial charge in [0.1, 0.15) is 16.3 Å². The fraction of sp³-hybridized carbons (Fsp3) is 0.474. The zero-order valence-electron chi connectivity index (χ0n) is 16.5. The Labute approximate surface area is 173 Å². The molecule has 7 nitrogen and oxygen atoms in total. The van der Waals surface area contributed by atoms with Crippen molar-refractivity contribution in [2.75, 3.05) is 5.43 Å². The zero-order chi connectivity index (χ0) is 21.6. The molecule has 0 aromatic carbocycles. The van der Waals surface area contributed by atoms with E-state index in [4.69, 9.17) is 0 Å². The van der Waals surface area contributed by atoms with Crippen LogP contribution in [0, 0.1) is 6.92 Å². The van der Waals surface area contributed by atoms with Crippen molar-refractivity contribution in [3.05, 3.63) is 44.1 Å². The van der Waals surface area contributed by atoms with Gasteiger partial charge in [0.2, 0.25) is 0 Å². The SMILES string of the molecule is Cc1nc2sc3c(c2c(=O)n1NC(=O)c1cc(C(F)(F)F)n(C)n1)CCCCCC3. The van der Waals surface area contributed by atoms with Crippen molar-refractivity contribution >= 4 is 27.5 Å². The number of fused-ring (bicyclic) bond motifs is 3. The van der Waals surface area contributed by atoms with E-state index in [0.717, 1.165) is 60.7 Å². The summed E-state index contributed by atoms with van der Waals surface area (Å²) in [4.78, 5) is 32.0. The number of hydrogen-bond acceptors (Lipinski definition) is 5. The highest BCUT2D eigenvalue weighted by Gasteiger charge is 2.36.